The van der Waals surface area contributed by atoms with Crippen molar-refractivity contribution >= 4 is 5.91 Å². The van der Waals surface area contributed by atoms with Gasteiger partial charge in [0.15, 0.2) is 0 Å². The lowest BCUT2D eigenvalue weighted by Gasteiger charge is -2.25. The van der Waals surface area contributed by atoms with E-state index in [1.165, 1.54) is 25.9 Å². The number of rotatable bonds is 4. The molecule has 3 aliphatic rings. The fraction of sp³-hybridized carbons (Fsp3) is 0.923. The molecule has 4 nitrogen and oxygen atoms in total. The van der Waals surface area contributed by atoms with Crippen LogP contribution in [0.2, 0.25) is 0 Å². The van der Waals surface area contributed by atoms with Gasteiger partial charge in [-0.3, -0.25) is 10.1 Å². The van der Waals surface area contributed by atoms with E-state index in [9.17, 15) is 4.79 Å². The Kier molecular flexibility index (Phi) is 2.87. The lowest BCUT2D eigenvalue weighted by atomic mass is 10.3. The van der Waals surface area contributed by atoms with Crippen LogP contribution in [0.4, 0.5) is 0 Å². The smallest absolute Gasteiger partial charge is 0.244 e. The van der Waals surface area contributed by atoms with E-state index in [0.29, 0.717) is 5.91 Å². The Labute approximate surface area is 103 Å². The minimum Gasteiger partial charge on any atom is -0.324 e. The van der Waals surface area contributed by atoms with Crippen molar-refractivity contribution in [1.82, 2.24) is 15.1 Å². The zero-order valence-corrected chi connectivity index (χ0v) is 10.7. The van der Waals surface area contributed by atoms with Crippen LogP contribution < -0.4 is 5.32 Å². The number of carbonyl (C=O) groups excluding carboxylic acids is 1. The van der Waals surface area contributed by atoms with Gasteiger partial charge in [0.05, 0.1) is 11.7 Å². The molecule has 1 atom stereocenters. The summed E-state index contributed by atoms with van der Waals surface area (Å²) in [6.45, 7) is 6.57. The van der Waals surface area contributed by atoms with Crippen molar-refractivity contribution in [3.63, 3.8) is 0 Å². The molecule has 1 aliphatic carbocycles. The van der Waals surface area contributed by atoms with Gasteiger partial charge >= 0.3 is 0 Å². The molecule has 2 saturated heterocycles. The Morgan fingerprint density at radius 3 is 2.59 bits per heavy atom. The predicted molar refractivity (Wildman–Crippen MR) is 66.6 cm³/mol. The van der Waals surface area contributed by atoms with Gasteiger partial charge < -0.3 is 9.80 Å². The van der Waals surface area contributed by atoms with Crippen molar-refractivity contribution in [2.75, 3.05) is 26.2 Å². The molecule has 1 N–H and O–H groups in total. The van der Waals surface area contributed by atoms with Crippen LogP contribution in [-0.2, 0) is 4.79 Å². The van der Waals surface area contributed by atoms with Crippen LogP contribution in [0.25, 0.3) is 0 Å². The molecule has 0 bridgehead atoms. The van der Waals surface area contributed by atoms with Gasteiger partial charge in [0, 0.05) is 13.1 Å². The van der Waals surface area contributed by atoms with Crippen LogP contribution in [-0.4, -0.2) is 53.6 Å². The van der Waals surface area contributed by atoms with Gasteiger partial charge in [0.2, 0.25) is 5.91 Å². The summed E-state index contributed by atoms with van der Waals surface area (Å²) in [5, 5.41) is 3.52. The third-order valence-electron chi connectivity index (χ3n) is 4.48. The highest BCUT2D eigenvalue weighted by atomic mass is 16.2. The lowest BCUT2D eigenvalue weighted by molar-refractivity contribution is -0.131. The summed E-state index contributed by atoms with van der Waals surface area (Å²) < 4.78 is 0. The Morgan fingerprint density at radius 2 is 2.00 bits per heavy atom. The highest BCUT2D eigenvalue weighted by Gasteiger charge is 2.58. The summed E-state index contributed by atoms with van der Waals surface area (Å²) in [4.78, 5) is 16.9. The summed E-state index contributed by atoms with van der Waals surface area (Å²) >= 11 is 0. The molecule has 0 aromatic rings. The first-order valence-electron chi connectivity index (χ1n) is 7.06. The maximum atomic E-state index is 12.3. The molecule has 0 radical (unpaired) electrons. The van der Waals surface area contributed by atoms with Crippen molar-refractivity contribution in [2.24, 2.45) is 0 Å². The van der Waals surface area contributed by atoms with Gasteiger partial charge in [0.1, 0.15) is 0 Å². The molecule has 4 heteroatoms. The average Bonchev–Trinajstić information content (AvgIpc) is 2.83. The standard InChI is InChI=1S/C13H23N3O/c1-2-11-14-13(5-6-13)12(17)16(11)10-9-15-7-3-4-8-15/h11,14H,2-10H2,1H3. The van der Waals surface area contributed by atoms with E-state index < -0.39 is 0 Å². The van der Waals surface area contributed by atoms with Gasteiger partial charge in [0.25, 0.3) is 0 Å². The second kappa shape index (κ2) is 4.25. The van der Waals surface area contributed by atoms with Crippen molar-refractivity contribution in [3.05, 3.63) is 0 Å². The van der Waals surface area contributed by atoms with Gasteiger partial charge in [-0.2, -0.15) is 0 Å². The van der Waals surface area contributed by atoms with Gasteiger partial charge in [-0.05, 0) is 45.2 Å². The monoisotopic (exact) mass is 237 g/mol. The first-order chi connectivity index (χ1) is 8.25. The first kappa shape index (κ1) is 11.5. The second-order valence-electron chi connectivity index (χ2n) is 5.70. The van der Waals surface area contributed by atoms with E-state index in [0.717, 1.165) is 32.4 Å². The fourth-order valence-electron chi connectivity index (χ4n) is 3.19. The topological polar surface area (TPSA) is 35.6 Å². The summed E-state index contributed by atoms with van der Waals surface area (Å²) in [6.07, 6.45) is 6.05. The summed E-state index contributed by atoms with van der Waals surface area (Å²) in [5.41, 5.74) is -0.133. The van der Waals surface area contributed by atoms with Crippen LogP contribution in [0.5, 0.6) is 0 Å². The van der Waals surface area contributed by atoms with Crippen LogP contribution in [0.15, 0.2) is 0 Å². The van der Waals surface area contributed by atoms with Crippen molar-refractivity contribution < 1.29 is 4.79 Å². The molecule has 1 amide bonds. The Hall–Kier alpha value is -0.610. The minimum atomic E-state index is -0.133. The normalized spacial score (nSPS) is 31.7. The molecule has 0 aromatic heterocycles. The molecular formula is C13H23N3O. The molecule has 96 valence electrons. The number of nitrogens with one attached hydrogen (secondary N) is 1. The molecule has 17 heavy (non-hydrogen) atoms. The van der Waals surface area contributed by atoms with Gasteiger partial charge in [-0.1, -0.05) is 6.92 Å². The van der Waals surface area contributed by atoms with Crippen molar-refractivity contribution in [1.29, 1.82) is 0 Å². The number of likely N-dealkylation sites (tertiary alicyclic amines) is 1. The number of carbonyl (C=O) groups is 1. The zero-order valence-electron chi connectivity index (χ0n) is 10.7. The third kappa shape index (κ3) is 1.97. The largest absolute Gasteiger partial charge is 0.324 e. The molecule has 2 heterocycles. The molecule has 3 rings (SSSR count). The Bertz CT molecular complexity index is 308. The maximum Gasteiger partial charge on any atom is 0.244 e. The highest BCUT2D eigenvalue weighted by Crippen LogP contribution is 2.42. The third-order valence-corrected chi connectivity index (χ3v) is 4.48. The highest BCUT2D eigenvalue weighted by molar-refractivity contribution is 5.91. The number of nitrogens with zero attached hydrogens (tertiary/aromatic N) is 2. The minimum absolute atomic E-state index is 0.133. The predicted octanol–water partition coefficient (Wildman–Crippen LogP) is 0.783. The second-order valence-corrected chi connectivity index (χ2v) is 5.70. The van der Waals surface area contributed by atoms with Crippen LogP contribution >= 0.6 is 0 Å². The molecule has 1 saturated carbocycles. The van der Waals surface area contributed by atoms with Crippen LogP contribution in [0.3, 0.4) is 0 Å². The van der Waals surface area contributed by atoms with E-state index in [1.54, 1.807) is 0 Å². The summed E-state index contributed by atoms with van der Waals surface area (Å²) in [5.74, 6) is 0.364. The molecule has 0 aromatic carbocycles. The fourth-order valence-corrected chi connectivity index (χ4v) is 3.19. The average molecular weight is 237 g/mol. The van der Waals surface area contributed by atoms with Crippen molar-refractivity contribution in [2.45, 2.75) is 50.7 Å². The lowest BCUT2D eigenvalue weighted by Crippen LogP contribution is -2.41. The number of hydrogen-bond donors (Lipinski definition) is 1. The van der Waals surface area contributed by atoms with Crippen LogP contribution in [0, 0.1) is 0 Å². The van der Waals surface area contributed by atoms with Crippen LogP contribution in [0.1, 0.15) is 39.0 Å². The molecule has 1 spiro atoms. The van der Waals surface area contributed by atoms with E-state index in [2.05, 4.69) is 22.0 Å². The van der Waals surface area contributed by atoms with Crippen molar-refractivity contribution in [3.8, 4) is 0 Å². The Morgan fingerprint density at radius 1 is 1.29 bits per heavy atom. The molecule has 2 aliphatic heterocycles. The molecule has 1 unspecified atom stereocenters. The maximum absolute atomic E-state index is 12.3. The Balaban J connectivity index is 1.58. The molecular weight excluding hydrogens is 214 g/mol. The SMILES string of the molecule is CCC1NC2(CC2)C(=O)N1CCN1CCCC1. The summed E-state index contributed by atoms with van der Waals surface area (Å²) in [6, 6.07) is 0. The first-order valence-corrected chi connectivity index (χ1v) is 7.06. The van der Waals surface area contributed by atoms with E-state index in [-0.39, 0.29) is 11.7 Å². The number of amides is 1. The molecule has 3 fully saturated rings. The summed E-state index contributed by atoms with van der Waals surface area (Å²) in [7, 11) is 0. The zero-order chi connectivity index (χ0) is 11.9. The van der Waals surface area contributed by atoms with Gasteiger partial charge in [-0.15, -0.1) is 0 Å². The van der Waals surface area contributed by atoms with E-state index in [1.807, 2.05) is 0 Å². The number of hydrogen-bond acceptors (Lipinski definition) is 3. The van der Waals surface area contributed by atoms with E-state index in [4.69, 9.17) is 0 Å². The quantitative estimate of drug-likeness (QED) is 0.785. The van der Waals surface area contributed by atoms with Gasteiger partial charge in [-0.25, -0.2) is 0 Å². The van der Waals surface area contributed by atoms with E-state index >= 15 is 0 Å².